The Morgan fingerprint density at radius 1 is 1.32 bits per heavy atom. The third-order valence-electron chi connectivity index (χ3n) is 8.22. The van der Waals surface area contributed by atoms with Crippen molar-refractivity contribution in [2.45, 2.75) is 70.5 Å². The summed E-state index contributed by atoms with van der Waals surface area (Å²) in [6.45, 7) is 8.40. The number of methoxy groups -OCH3 is 1. The molecule has 8 heteroatoms. The molecule has 7 nitrogen and oxygen atoms in total. The van der Waals surface area contributed by atoms with Crippen molar-refractivity contribution in [2.75, 3.05) is 7.11 Å². The molecule has 4 aliphatic rings. The average Bonchev–Trinajstić information content (AvgIpc) is 3.10. The van der Waals surface area contributed by atoms with Crippen LogP contribution in [0.2, 0.25) is 0 Å². The number of carbonyl (C=O) groups excluding carboxylic acids is 1. The van der Waals surface area contributed by atoms with Crippen LogP contribution in [0, 0.1) is 17.3 Å². The van der Waals surface area contributed by atoms with E-state index in [-0.39, 0.29) is 41.5 Å². The molecular formula is C23H32BNO6. The molecule has 5 rings (SSSR count). The van der Waals surface area contributed by atoms with Crippen molar-refractivity contribution in [2.24, 2.45) is 23.0 Å². The number of para-hydroxylation sites is 1. The van der Waals surface area contributed by atoms with Crippen LogP contribution in [0.15, 0.2) is 18.2 Å². The Bertz CT molecular complexity index is 919. The number of carboxylic acid groups (broad SMARTS) is 1. The van der Waals surface area contributed by atoms with Gasteiger partial charge in [-0.25, -0.2) is 4.79 Å². The van der Waals surface area contributed by atoms with Crippen LogP contribution >= 0.6 is 0 Å². The number of rotatable bonds is 7. The molecule has 3 saturated carbocycles. The van der Waals surface area contributed by atoms with Gasteiger partial charge in [0.1, 0.15) is 16.8 Å². The van der Waals surface area contributed by atoms with Crippen LogP contribution in [0.1, 0.15) is 62.9 Å². The molecule has 31 heavy (non-hydrogen) atoms. The molecule has 2 bridgehead atoms. The maximum Gasteiger partial charge on any atom is 0.487 e. The fourth-order valence-electron chi connectivity index (χ4n) is 6.18. The molecule has 4 fully saturated rings. The van der Waals surface area contributed by atoms with Crippen LogP contribution in [0.4, 0.5) is 0 Å². The van der Waals surface area contributed by atoms with E-state index in [1.54, 1.807) is 19.1 Å². The average molecular weight is 429 g/mol. The first-order valence-corrected chi connectivity index (χ1v) is 11.0. The van der Waals surface area contributed by atoms with E-state index in [1.807, 2.05) is 0 Å². The van der Waals surface area contributed by atoms with E-state index in [0.29, 0.717) is 17.4 Å². The van der Waals surface area contributed by atoms with Crippen LogP contribution in [0.25, 0.3) is 0 Å². The Hall–Kier alpha value is -1.90. The Morgan fingerprint density at radius 3 is 2.61 bits per heavy atom. The zero-order valence-electron chi connectivity index (χ0n) is 18.9. The Morgan fingerprint density at radius 2 is 2.03 bits per heavy atom. The zero-order valence-corrected chi connectivity index (χ0v) is 18.9. The second-order valence-electron chi connectivity index (χ2n) is 10.1. The van der Waals surface area contributed by atoms with Crippen molar-refractivity contribution in [3.8, 4) is 5.75 Å². The molecule has 1 aliphatic heterocycles. The summed E-state index contributed by atoms with van der Waals surface area (Å²) in [5, 5.41) is 9.52. The molecule has 168 valence electrons. The van der Waals surface area contributed by atoms with Crippen molar-refractivity contribution in [3.63, 3.8) is 0 Å². The third-order valence-corrected chi connectivity index (χ3v) is 8.22. The lowest BCUT2D eigenvalue weighted by molar-refractivity contribution is -0.199. The summed E-state index contributed by atoms with van der Waals surface area (Å²) >= 11 is 0. The van der Waals surface area contributed by atoms with Gasteiger partial charge in [-0.2, -0.15) is 0 Å². The van der Waals surface area contributed by atoms with E-state index in [4.69, 9.17) is 19.8 Å². The van der Waals surface area contributed by atoms with E-state index in [1.165, 1.54) is 13.2 Å². The normalized spacial score (nSPS) is 32.6. The molecular weight excluding hydrogens is 397 g/mol. The van der Waals surface area contributed by atoms with Crippen LogP contribution < -0.4 is 10.5 Å². The number of nitrogens with two attached hydrogens (primary N) is 1. The molecule has 0 radical (unpaired) electrons. The first kappa shape index (κ1) is 22.3. The van der Waals surface area contributed by atoms with Gasteiger partial charge < -0.3 is 24.9 Å². The maximum atomic E-state index is 13.1. The summed E-state index contributed by atoms with van der Waals surface area (Å²) in [4.78, 5) is 24.8. The van der Waals surface area contributed by atoms with Gasteiger partial charge in [-0.3, -0.25) is 4.79 Å². The van der Waals surface area contributed by atoms with E-state index >= 15 is 0 Å². The van der Waals surface area contributed by atoms with Crippen molar-refractivity contribution in [1.82, 2.24) is 0 Å². The zero-order chi connectivity index (χ0) is 22.8. The summed E-state index contributed by atoms with van der Waals surface area (Å²) in [6, 6.07) is 4.84. The van der Waals surface area contributed by atoms with Gasteiger partial charge in [0.2, 0.25) is 0 Å². The maximum absolute atomic E-state index is 13.1. The smallest absolute Gasteiger partial charge is 0.487 e. The number of hydrogen-bond donors (Lipinski definition) is 2. The summed E-state index contributed by atoms with van der Waals surface area (Å²) in [5.74, 6) is -0.149. The number of hydrogen-bond acceptors (Lipinski definition) is 6. The quantitative estimate of drug-likeness (QED) is 0.642. The summed E-state index contributed by atoms with van der Waals surface area (Å²) in [6.07, 6.45) is 2.18. The SMILES string of the molecule is CCC(=O)C(N)(Cc1cccc(C(=O)O)c1OC)B1OC2CC3CC(C3(C)C)C2(C)O1. The molecule has 5 unspecified atom stereocenters. The largest absolute Gasteiger partial charge is 0.496 e. The molecule has 0 aromatic heterocycles. The van der Waals surface area contributed by atoms with Gasteiger partial charge in [0.25, 0.3) is 0 Å². The molecule has 0 spiro atoms. The summed E-state index contributed by atoms with van der Waals surface area (Å²) < 4.78 is 18.3. The lowest BCUT2D eigenvalue weighted by Gasteiger charge is -2.64. The minimum Gasteiger partial charge on any atom is -0.496 e. The highest BCUT2D eigenvalue weighted by molar-refractivity contribution is 6.56. The standard InChI is InChI=1S/C23H32BNO6/c1-6-17(26)23(25,12-13-8-7-9-15(20(27)28)19(13)29-5)24-30-18-11-14-10-16(21(14,2)3)22(18,4)31-24/h7-9,14,16,18H,6,10-12,25H2,1-5H3,(H,27,28). The van der Waals surface area contributed by atoms with Crippen molar-refractivity contribution in [3.05, 3.63) is 29.3 Å². The number of carbonyl (C=O) groups is 2. The molecule has 1 saturated heterocycles. The van der Waals surface area contributed by atoms with Crippen LogP contribution in [-0.2, 0) is 20.5 Å². The predicted octanol–water partition coefficient (Wildman–Crippen LogP) is 2.88. The summed E-state index contributed by atoms with van der Waals surface area (Å²) in [7, 11) is 0.516. The molecule has 3 aliphatic carbocycles. The van der Waals surface area contributed by atoms with Crippen LogP contribution in [-0.4, -0.2) is 48.2 Å². The first-order valence-electron chi connectivity index (χ1n) is 11.0. The van der Waals surface area contributed by atoms with Gasteiger partial charge in [-0.15, -0.1) is 0 Å². The Labute approximate surface area is 183 Å². The first-order chi connectivity index (χ1) is 14.5. The summed E-state index contributed by atoms with van der Waals surface area (Å²) in [5.41, 5.74) is 5.59. The second kappa shape index (κ2) is 7.32. The number of Topliss-reactive ketones (excluding diaryl/α,β-unsaturated/α-hetero) is 1. The number of carboxylic acids is 1. The van der Waals surface area contributed by atoms with Gasteiger partial charge in [0, 0.05) is 6.42 Å². The van der Waals surface area contributed by atoms with Gasteiger partial charge in [-0.1, -0.05) is 32.9 Å². The third kappa shape index (κ3) is 3.14. The molecule has 3 N–H and O–H groups in total. The fourth-order valence-corrected chi connectivity index (χ4v) is 6.18. The minimum atomic E-state index is -1.45. The fraction of sp³-hybridized carbons (Fsp3) is 0.652. The monoisotopic (exact) mass is 429 g/mol. The lowest BCUT2D eigenvalue weighted by atomic mass is 9.43. The second-order valence-corrected chi connectivity index (χ2v) is 10.1. The molecule has 0 amide bonds. The Balaban J connectivity index is 1.69. The molecule has 5 atom stereocenters. The van der Waals surface area contributed by atoms with E-state index < -0.39 is 24.1 Å². The van der Waals surface area contributed by atoms with Crippen molar-refractivity contribution < 1.29 is 28.7 Å². The molecule has 1 heterocycles. The number of ether oxygens (including phenoxy) is 1. The molecule has 1 aromatic carbocycles. The molecule has 1 aromatic rings. The predicted molar refractivity (Wildman–Crippen MR) is 116 cm³/mol. The van der Waals surface area contributed by atoms with E-state index in [2.05, 4.69) is 20.8 Å². The van der Waals surface area contributed by atoms with Crippen molar-refractivity contribution in [1.29, 1.82) is 0 Å². The topological polar surface area (TPSA) is 108 Å². The minimum absolute atomic E-state index is 0.0303. The number of aromatic carboxylic acids is 1. The van der Waals surface area contributed by atoms with Gasteiger partial charge in [-0.05, 0) is 55.1 Å². The lowest BCUT2D eigenvalue weighted by Crippen LogP contribution is -2.66. The van der Waals surface area contributed by atoms with Crippen LogP contribution in [0.5, 0.6) is 5.75 Å². The van der Waals surface area contributed by atoms with Gasteiger partial charge >= 0.3 is 13.1 Å². The number of benzene rings is 1. The van der Waals surface area contributed by atoms with Gasteiger partial charge in [0.15, 0.2) is 5.78 Å². The van der Waals surface area contributed by atoms with E-state index in [0.717, 1.165) is 12.8 Å². The highest BCUT2D eigenvalue weighted by Gasteiger charge is 2.70. The number of ketones is 1. The highest BCUT2D eigenvalue weighted by atomic mass is 16.7. The van der Waals surface area contributed by atoms with Crippen molar-refractivity contribution >= 4 is 18.9 Å². The van der Waals surface area contributed by atoms with Crippen LogP contribution in [0.3, 0.4) is 0 Å². The van der Waals surface area contributed by atoms with Gasteiger partial charge in [0.05, 0.1) is 18.8 Å². The Kier molecular flexibility index (Phi) is 5.27. The van der Waals surface area contributed by atoms with E-state index in [9.17, 15) is 14.7 Å². The highest BCUT2D eigenvalue weighted by Crippen LogP contribution is 2.66.